The smallest absolute Gasteiger partial charge is 0.387 e. The van der Waals surface area contributed by atoms with Crippen molar-refractivity contribution in [3.05, 3.63) is 29.8 Å². The van der Waals surface area contributed by atoms with E-state index in [0.29, 0.717) is 11.5 Å². The summed E-state index contributed by atoms with van der Waals surface area (Å²) in [6.07, 6.45) is 2.13. The standard InChI is InChI=1S/C18H21F2N3O4/c1-10(11-3-4-11)21-14(24)9-23-15(25)18(2,22-17(23)26)12-5-7-13(8-6-12)27-16(19)20/h5-8,10-11,16H,3-4,9H2,1-2H3,(H,21,24)(H,22,26)/t10-,18+/m0/s1. The number of urea groups is 1. The second-order valence-electron chi connectivity index (χ2n) is 7.04. The van der Waals surface area contributed by atoms with Crippen LogP contribution >= 0.6 is 0 Å². The Balaban J connectivity index is 1.69. The third-order valence-electron chi connectivity index (χ3n) is 4.95. The van der Waals surface area contributed by atoms with Crippen LogP contribution in [0.4, 0.5) is 13.6 Å². The number of benzene rings is 1. The quantitative estimate of drug-likeness (QED) is 0.707. The number of imide groups is 1. The lowest BCUT2D eigenvalue weighted by Crippen LogP contribution is -2.45. The minimum absolute atomic E-state index is 0.00651. The van der Waals surface area contributed by atoms with E-state index in [1.807, 2.05) is 6.92 Å². The summed E-state index contributed by atoms with van der Waals surface area (Å²) >= 11 is 0. The molecule has 7 nitrogen and oxygen atoms in total. The summed E-state index contributed by atoms with van der Waals surface area (Å²) in [5.74, 6) is -0.581. The summed E-state index contributed by atoms with van der Waals surface area (Å²) in [4.78, 5) is 38.0. The zero-order valence-corrected chi connectivity index (χ0v) is 15.0. The molecule has 2 N–H and O–H groups in total. The maximum atomic E-state index is 12.8. The molecule has 1 aliphatic heterocycles. The highest BCUT2D eigenvalue weighted by Crippen LogP contribution is 2.32. The summed E-state index contributed by atoms with van der Waals surface area (Å²) in [5.41, 5.74) is -0.986. The SMILES string of the molecule is C[C@H](NC(=O)CN1C(=O)N[C@](C)(c2ccc(OC(F)F)cc2)C1=O)C1CC1. The molecule has 1 saturated heterocycles. The van der Waals surface area contributed by atoms with Crippen LogP contribution in [-0.2, 0) is 15.1 Å². The number of rotatable bonds is 7. The van der Waals surface area contributed by atoms with Crippen molar-refractivity contribution < 1.29 is 27.9 Å². The normalized spacial score (nSPS) is 23.4. The lowest BCUT2D eigenvalue weighted by atomic mass is 9.92. The average Bonchev–Trinajstić information content (AvgIpc) is 3.41. The molecular formula is C18H21F2N3O4. The number of ether oxygens (including phenoxy) is 1. The molecule has 0 aromatic heterocycles. The molecule has 2 aliphatic rings. The molecule has 2 fully saturated rings. The molecule has 1 aliphatic carbocycles. The predicted molar refractivity (Wildman–Crippen MR) is 91.0 cm³/mol. The molecule has 146 valence electrons. The Labute approximate surface area is 155 Å². The van der Waals surface area contributed by atoms with Crippen molar-refractivity contribution in [2.24, 2.45) is 5.92 Å². The molecule has 2 atom stereocenters. The van der Waals surface area contributed by atoms with Gasteiger partial charge in [0.15, 0.2) is 0 Å². The Morgan fingerprint density at radius 1 is 1.33 bits per heavy atom. The maximum absolute atomic E-state index is 12.8. The van der Waals surface area contributed by atoms with Gasteiger partial charge in [-0.05, 0) is 50.3 Å². The largest absolute Gasteiger partial charge is 0.435 e. The van der Waals surface area contributed by atoms with E-state index in [9.17, 15) is 23.2 Å². The summed E-state index contributed by atoms with van der Waals surface area (Å²) in [5, 5.41) is 5.37. The molecule has 1 aromatic rings. The number of halogens is 2. The minimum atomic E-state index is -2.95. The fraction of sp³-hybridized carbons (Fsp3) is 0.500. The molecule has 0 spiro atoms. The van der Waals surface area contributed by atoms with Crippen LogP contribution in [0.25, 0.3) is 0 Å². The first-order valence-electron chi connectivity index (χ1n) is 8.69. The number of alkyl halides is 2. The molecule has 1 saturated carbocycles. The molecule has 1 heterocycles. The van der Waals surface area contributed by atoms with Crippen LogP contribution < -0.4 is 15.4 Å². The van der Waals surface area contributed by atoms with Crippen molar-refractivity contribution in [2.45, 2.75) is 44.9 Å². The van der Waals surface area contributed by atoms with Crippen LogP contribution in [0.15, 0.2) is 24.3 Å². The second-order valence-corrected chi connectivity index (χ2v) is 7.04. The maximum Gasteiger partial charge on any atom is 0.387 e. The third-order valence-corrected chi connectivity index (χ3v) is 4.95. The van der Waals surface area contributed by atoms with E-state index in [2.05, 4.69) is 15.4 Å². The predicted octanol–water partition coefficient (Wildman–Crippen LogP) is 1.97. The van der Waals surface area contributed by atoms with Gasteiger partial charge < -0.3 is 15.4 Å². The molecule has 3 rings (SSSR count). The number of hydrogen-bond acceptors (Lipinski definition) is 4. The van der Waals surface area contributed by atoms with E-state index in [4.69, 9.17) is 0 Å². The van der Waals surface area contributed by atoms with Gasteiger partial charge in [-0.3, -0.25) is 14.5 Å². The monoisotopic (exact) mass is 381 g/mol. The fourth-order valence-electron chi connectivity index (χ4n) is 3.16. The van der Waals surface area contributed by atoms with Crippen LogP contribution in [0.5, 0.6) is 5.75 Å². The molecule has 1 aromatic carbocycles. The van der Waals surface area contributed by atoms with Crippen molar-refractivity contribution in [3.8, 4) is 5.75 Å². The highest BCUT2D eigenvalue weighted by molar-refractivity contribution is 6.09. The number of nitrogens with zero attached hydrogens (tertiary/aromatic N) is 1. The molecule has 0 radical (unpaired) electrons. The van der Waals surface area contributed by atoms with Crippen molar-refractivity contribution in [1.29, 1.82) is 0 Å². The van der Waals surface area contributed by atoms with Crippen LogP contribution in [0.2, 0.25) is 0 Å². The van der Waals surface area contributed by atoms with E-state index >= 15 is 0 Å². The molecule has 0 bridgehead atoms. The zero-order valence-electron chi connectivity index (χ0n) is 15.0. The number of carbonyl (C=O) groups is 3. The van der Waals surface area contributed by atoms with Crippen molar-refractivity contribution in [3.63, 3.8) is 0 Å². The van der Waals surface area contributed by atoms with Gasteiger partial charge in [0.2, 0.25) is 5.91 Å². The first-order valence-corrected chi connectivity index (χ1v) is 8.69. The van der Waals surface area contributed by atoms with Gasteiger partial charge in [0.05, 0.1) is 0 Å². The van der Waals surface area contributed by atoms with E-state index < -0.39 is 30.0 Å². The molecular weight excluding hydrogens is 360 g/mol. The van der Waals surface area contributed by atoms with E-state index in [0.717, 1.165) is 17.7 Å². The summed E-state index contributed by atoms with van der Waals surface area (Å²) in [7, 11) is 0. The fourth-order valence-corrected chi connectivity index (χ4v) is 3.16. The summed E-state index contributed by atoms with van der Waals surface area (Å²) in [6.45, 7) is 0.0747. The van der Waals surface area contributed by atoms with Crippen LogP contribution in [0.3, 0.4) is 0 Å². The van der Waals surface area contributed by atoms with Gasteiger partial charge >= 0.3 is 12.6 Å². The topological polar surface area (TPSA) is 87.7 Å². The van der Waals surface area contributed by atoms with Gasteiger partial charge in [-0.2, -0.15) is 8.78 Å². The lowest BCUT2D eigenvalue weighted by molar-refractivity contribution is -0.135. The highest BCUT2D eigenvalue weighted by Gasteiger charge is 2.49. The average molecular weight is 381 g/mol. The first-order chi connectivity index (χ1) is 12.7. The Hall–Kier alpha value is -2.71. The van der Waals surface area contributed by atoms with Gasteiger partial charge in [0, 0.05) is 6.04 Å². The van der Waals surface area contributed by atoms with E-state index in [1.54, 1.807) is 0 Å². The van der Waals surface area contributed by atoms with Gasteiger partial charge in [-0.1, -0.05) is 12.1 Å². The molecule has 27 heavy (non-hydrogen) atoms. The molecule has 4 amide bonds. The van der Waals surface area contributed by atoms with Crippen LogP contribution in [0, 0.1) is 5.92 Å². The number of nitrogens with one attached hydrogen (secondary N) is 2. The Morgan fingerprint density at radius 3 is 2.52 bits per heavy atom. The van der Waals surface area contributed by atoms with Gasteiger partial charge in [0.1, 0.15) is 17.8 Å². The van der Waals surface area contributed by atoms with Crippen LogP contribution in [0.1, 0.15) is 32.3 Å². The van der Waals surface area contributed by atoms with Crippen molar-refractivity contribution in [2.75, 3.05) is 6.54 Å². The number of carbonyl (C=O) groups excluding carboxylic acids is 3. The lowest BCUT2D eigenvalue weighted by Gasteiger charge is -2.22. The Bertz CT molecular complexity index is 751. The van der Waals surface area contributed by atoms with Crippen LogP contribution in [-0.4, -0.2) is 41.9 Å². The zero-order chi connectivity index (χ0) is 19.8. The second kappa shape index (κ2) is 7.13. The van der Waals surface area contributed by atoms with Crippen molar-refractivity contribution in [1.82, 2.24) is 15.5 Å². The Morgan fingerprint density at radius 2 is 1.96 bits per heavy atom. The third kappa shape index (κ3) is 4.01. The van der Waals surface area contributed by atoms with Gasteiger partial charge in [-0.15, -0.1) is 0 Å². The minimum Gasteiger partial charge on any atom is -0.435 e. The van der Waals surface area contributed by atoms with Crippen molar-refractivity contribution >= 4 is 17.8 Å². The molecule has 0 unspecified atom stereocenters. The molecule has 9 heteroatoms. The van der Waals surface area contributed by atoms with E-state index in [-0.39, 0.29) is 18.3 Å². The Kier molecular flexibility index (Phi) is 5.03. The van der Waals surface area contributed by atoms with E-state index in [1.165, 1.54) is 31.2 Å². The van der Waals surface area contributed by atoms with Gasteiger partial charge in [-0.25, -0.2) is 4.79 Å². The summed E-state index contributed by atoms with van der Waals surface area (Å²) < 4.78 is 28.8. The number of amides is 4. The van der Waals surface area contributed by atoms with Gasteiger partial charge in [0.25, 0.3) is 5.91 Å². The highest BCUT2D eigenvalue weighted by atomic mass is 19.3. The number of hydrogen-bond donors (Lipinski definition) is 2. The summed E-state index contributed by atoms with van der Waals surface area (Å²) in [6, 6.07) is 4.76. The first kappa shape index (κ1) is 19.1.